The molecule has 0 bridgehead atoms. The van der Waals surface area contributed by atoms with E-state index in [0.29, 0.717) is 28.3 Å². The number of halogens is 2. The van der Waals surface area contributed by atoms with E-state index in [0.717, 1.165) is 0 Å². The van der Waals surface area contributed by atoms with Gasteiger partial charge in [-0.25, -0.2) is 4.39 Å². The molecule has 0 saturated carbocycles. The number of benzene rings is 1. The van der Waals surface area contributed by atoms with E-state index in [1.54, 1.807) is 12.3 Å². The maximum absolute atomic E-state index is 13.2. The van der Waals surface area contributed by atoms with Gasteiger partial charge in [0.25, 0.3) is 0 Å². The predicted molar refractivity (Wildman–Crippen MR) is 76.6 cm³/mol. The van der Waals surface area contributed by atoms with Gasteiger partial charge in [0.1, 0.15) is 5.82 Å². The third kappa shape index (κ3) is 2.12. The van der Waals surface area contributed by atoms with E-state index in [9.17, 15) is 4.39 Å². The molecular formula is C14H10ClFN4. The van der Waals surface area contributed by atoms with Crippen LogP contribution in [0.4, 0.5) is 10.2 Å². The molecule has 1 aromatic carbocycles. The summed E-state index contributed by atoms with van der Waals surface area (Å²) in [5.74, 6) is -0.138. The monoisotopic (exact) mass is 288 g/mol. The lowest BCUT2D eigenvalue weighted by Crippen LogP contribution is -1.91. The number of nitrogens with zero attached hydrogens (tertiary/aromatic N) is 2. The van der Waals surface area contributed by atoms with Crippen LogP contribution in [0, 0.1) is 5.82 Å². The van der Waals surface area contributed by atoms with Gasteiger partial charge in [-0.1, -0.05) is 17.7 Å². The lowest BCUT2D eigenvalue weighted by Gasteiger charge is -2.04. The number of H-pyrrole nitrogens is 1. The third-order valence-corrected chi connectivity index (χ3v) is 3.21. The van der Waals surface area contributed by atoms with Gasteiger partial charge in [0.15, 0.2) is 5.82 Å². The average molecular weight is 289 g/mol. The van der Waals surface area contributed by atoms with Crippen LogP contribution in [-0.4, -0.2) is 15.2 Å². The number of nitrogen functional groups attached to an aromatic ring is 1. The fourth-order valence-corrected chi connectivity index (χ4v) is 2.17. The Morgan fingerprint density at radius 3 is 2.75 bits per heavy atom. The molecule has 100 valence electrons. The Balaban J connectivity index is 2.18. The van der Waals surface area contributed by atoms with Crippen molar-refractivity contribution in [2.24, 2.45) is 0 Å². The van der Waals surface area contributed by atoms with E-state index in [4.69, 9.17) is 17.3 Å². The van der Waals surface area contributed by atoms with Gasteiger partial charge in [0.05, 0.1) is 22.0 Å². The molecule has 0 amide bonds. The SMILES string of the molecule is Nc1n[nH]c(-c2ccc(F)c(Cl)c2)c1-c1ccccn1. The van der Waals surface area contributed by atoms with Crippen molar-refractivity contribution in [1.29, 1.82) is 0 Å². The second-order valence-electron chi connectivity index (χ2n) is 4.20. The largest absolute Gasteiger partial charge is 0.382 e. The van der Waals surface area contributed by atoms with Crippen LogP contribution in [0.3, 0.4) is 0 Å². The second kappa shape index (κ2) is 4.94. The Bertz CT molecular complexity index is 755. The Morgan fingerprint density at radius 1 is 1.20 bits per heavy atom. The van der Waals surface area contributed by atoms with Crippen molar-refractivity contribution in [2.75, 3.05) is 5.73 Å². The van der Waals surface area contributed by atoms with Crippen molar-refractivity contribution in [2.45, 2.75) is 0 Å². The van der Waals surface area contributed by atoms with Crippen LogP contribution in [0.2, 0.25) is 5.02 Å². The molecule has 2 heterocycles. The van der Waals surface area contributed by atoms with Crippen molar-refractivity contribution in [3.8, 4) is 22.5 Å². The number of hydrogen-bond donors (Lipinski definition) is 2. The summed E-state index contributed by atoms with van der Waals surface area (Å²) in [6, 6.07) is 9.94. The van der Waals surface area contributed by atoms with Gasteiger partial charge >= 0.3 is 0 Å². The van der Waals surface area contributed by atoms with Gasteiger partial charge < -0.3 is 5.73 Å². The first-order valence-electron chi connectivity index (χ1n) is 5.87. The lowest BCUT2D eigenvalue weighted by molar-refractivity contribution is 0.628. The molecule has 0 fully saturated rings. The topological polar surface area (TPSA) is 67.6 Å². The zero-order valence-corrected chi connectivity index (χ0v) is 11.0. The zero-order valence-electron chi connectivity index (χ0n) is 10.3. The minimum absolute atomic E-state index is 0.0441. The van der Waals surface area contributed by atoms with Gasteiger partial charge in [-0.15, -0.1) is 0 Å². The molecule has 3 N–H and O–H groups in total. The number of rotatable bonds is 2. The first-order chi connectivity index (χ1) is 9.66. The van der Waals surface area contributed by atoms with Gasteiger partial charge in [-0.3, -0.25) is 10.1 Å². The van der Waals surface area contributed by atoms with Gasteiger partial charge in [0.2, 0.25) is 0 Å². The molecule has 0 aliphatic heterocycles. The molecule has 6 heteroatoms. The van der Waals surface area contributed by atoms with Crippen LogP contribution in [-0.2, 0) is 0 Å². The molecule has 0 atom stereocenters. The summed E-state index contributed by atoms with van der Waals surface area (Å²) in [6.45, 7) is 0. The van der Waals surface area contributed by atoms with Gasteiger partial charge in [-0.05, 0) is 30.3 Å². The van der Waals surface area contributed by atoms with E-state index in [2.05, 4.69) is 15.2 Å². The summed E-state index contributed by atoms with van der Waals surface area (Å²) >= 11 is 5.81. The Morgan fingerprint density at radius 2 is 2.05 bits per heavy atom. The molecule has 0 radical (unpaired) electrons. The van der Waals surface area contributed by atoms with Crippen LogP contribution in [0.1, 0.15) is 0 Å². The minimum Gasteiger partial charge on any atom is -0.382 e. The summed E-state index contributed by atoms with van der Waals surface area (Å²) in [5.41, 5.74) is 8.60. The van der Waals surface area contributed by atoms with Crippen LogP contribution >= 0.6 is 11.6 Å². The Labute approximate surface area is 119 Å². The van der Waals surface area contributed by atoms with Crippen LogP contribution in [0.15, 0.2) is 42.6 Å². The van der Waals surface area contributed by atoms with Crippen molar-refractivity contribution in [3.05, 3.63) is 53.4 Å². The first-order valence-corrected chi connectivity index (χ1v) is 6.25. The standard InChI is InChI=1S/C14H10ClFN4/c15-9-7-8(4-5-10(9)16)13-12(14(17)20-19-13)11-3-1-2-6-18-11/h1-7H,(H3,17,19,20). The van der Waals surface area contributed by atoms with E-state index in [1.165, 1.54) is 12.1 Å². The highest BCUT2D eigenvalue weighted by Gasteiger charge is 2.16. The molecule has 0 spiro atoms. The van der Waals surface area contributed by atoms with Crippen molar-refractivity contribution < 1.29 is 4.39 Å². The van der Waals surface area contributed by atoms with Crippen molar-refractivity contribution >= 4 is 17.4 Å². The number of pyridine rings is 1. The predicted octanol–water partition coefficient (Wildman–Crippen LogP) is 3.51. The quantitative estimate of drug-likeness (QED) is 0.758. The first kappa shape index (κ1) is 12.6. The van der Waals surface area contributed by atoms with E-state index in [-0.39, 0.29) is 5.02 Å². The molecule has 3 aromatic rings. The number of aromatic amines is 1. The number of hydrogen-bond acceptors (Lipinski definition) is 3. The lowest BCUT2D eigenvalue weighted by atomic mass is 10.0. The molecular weight excluding hydrogens is 279 g/mol. The molecule has 2 aromatic heterocycles. The highest BCUT2D eigenvalue weighted by atomic mass is 35.5. The van der Waals surface area contributed by atoms with Gasteiger partial charge in [-0.2, -0.15) is 5.10 Å². The maximum Gasteiger partial charge on any atom is 0.155 e. The summed E-state index contributed by atoms with van der Waals surface area (Å²) < 4.78 is 13.2. The van der Waals surface area contributed by atoms with E-state index in [1.807, 2.05) is 18.2 Å². The smallest absolute Gasteiger partial charge is 0.155 e. The van der Waals surface area contributed by atoms with Crippen molar-refractivity contribution in [3.63, 3.8) is 0 Å². The second-order valence-corrected chi connectivity index (χ2v) is 4.61. The number of nitrogens with two attached hydrogens (primary N) is 1. The molecule has 0 unspecified atom stereocenters. The number of anilines is 1. The average Bonchev–Trinajstić information content (AvgIpc) is 2.85. The fourth-order valence-electron chi connectivity index (χ4n) is 1.99. The Hall–Kier alpha value is -2.40. The van der Waals surface area contributed by atoms with Crippen LogP contribution < -0.4 is 5.73 Å². The summed E-state index contributed by atoms with van der Waals surface area (Å²) in [4.78, 5) is 4.26. The Kier molecular flexibility index (Phi) is 3.12. The molecule has 0 aliphatic rings. The molecule has 0 aliphatic carbocycles. The maximum atomic E-state index is 13.2. The van der Waals surface area contributed by atoms with Gasteiger partial charge in [0, 0.05) is 11.8 Å². The zero-order chi connectivity index (χ0) is 14.1. The van der Waals surface area contributed by atoms with E-state index < -0.39 is 5.82 Å². The molecule has 0 saturated heterocycles. The third-order valence-electron chi connectivity index (χ3n) is 2.92. The molecule has 4 nitrogen and oxygen atoms in total. The minimum atomic E-state index is -0.470. The highest BCUT2D eigenvalue weighted by molar-refractivity contribution is 6.31. The number of nitrogens with one attached hydrogen (secondary N) is 1. The van der Waals surface area contributed by atoms with Crippen LogP contribution in [0.25, 0.3) is 22.5 Å². The van der Waals surface area contributed by atoms with Crippen LogP contribution in [0.5, 0.6) is 0 Å². The van der Waals surface area contributed by atoms with Crippen molar-refractivity contribution in [1.82, 2.24) is 15.2 Å². The molecule has 3 rings (SSSR count). The highest BCUT2D eigenvalue weighted by Crippen LogP contribution is 2.34. The summed E-state index contributed by atoms with van der Waals surface area (Å²) in [7, 11) is 0. The van der Waals surface area contributed by atoms with E-state index >= 15 is 0 Å². The molecule has 20 heavy (non-hydrogen) atoms. The fraction of sp³-hybridized carbons (Fsp3) is 0. The number of aromatic nitrogens is 3. The summed E-state index contributed by atoms with van der Waals surface area (Å²) in [6.07, 6.45) is 1.67. The summed E-state index contributed by atoms with van der Waals surface area (Å²) in [5, 5.41) is 6.88. The normalized spacial score (nSPS) is 10.7.